The van der Waals surface area contributed by atoms with Crippen molar-refractivity contribution >= 4 is 6.09 Å². The molecule has 0 saturated carbocycles. The minimum Gasteiger partial charge on any atom is -0.444 e. The van der Waals surface area contributed by atoms with Crippen molar-refractivity contribution in [2.24, 2.45) is 0 Å². The minimum absolute atomic E-state index is 0.0920. The highest BCUT2D eigenvalue weighted by molar-refractivity contribution is 5.70. The maximum absolute atomic E-state index is 12.5. The van der Waals surface area contributed by atoms with Crippen LogP contribution in [0.15, 0.2) is 42.5 Å². The van der Waals surface area contributed by atoms with E-state index in [4.69, 9.17) is 9.47 Å². The van der Waals surface area contributed by atoms with Gasteiger partial charge in [-0.25, -0.2) is 4.79 Å². The topological polar surface area (TPSA) is 38.8 Å². The monoisotopic (exact) mass is 331 g/mol. The van der Waals surface area contributed by atoms with Gasteiger partial charge in [-0.05, 0) is 53.0 Å². The number of aryl methyl sites for hydroxylation is 1. The van der Waals surface area contributed by atoms with Crippen LogP contribution >= 0.6 is 0 Å². The Labute approximate surface area is 145 Å². The van der Waals surface area contributed by atoms with Gasteiger partial charge in [-0.15, -0.1) is 0 Å². The van der Waals surface area contributed by atoms with E-state index in [0.29, 0.717) is 6.61 Å². The summed E-state index contributed by atoms with van der Waals surface area (Å²) in [5, 5.41) is 0. The van der Waals surface area contributed by atoms with E-state index in [1.165, 1.54) is 5.56 Å². The summed E-state index contributed by atoms with van der Waals surface area (Å²) in [7, 11) is 0. The molecule has 1 aliphatic heterocycles. The molecule has 1 atom stereocenters. The van der Waals surface area contributed by atoms with Crippen molar-refractivity contribution in [3.8, 4) is 0 Å². The number of hydrogen-bond donors (Lipinski definition) is 0. The molecule has 1 fully saturated rings. The van der Waals surface area contributed by atoms with Crippen molar-refractivity contribution in [2.75, 3.05) is 6.61 Å². The standard InChI is InChI=1S/C20H29NO3/c1-19(2,3)24-18(22)21-17(15-23-20(21,4)5)14-10-9-13-16-11-7-6-8-12-16/h6-8,10-12,14,17H,9,13,15H2,1-5H3/b14-10+. The van der Waals surface area contributed by atoms with E-state index in [-0.39, 0.29) is 12.1 Å². The van der Waals surface area contributed by atoms with Crippen molar-refractivity contribution in [3.63, 3.8) is 0 Å². The first-order chi connectivity index (χ1) is 11.2. The molecule has 24 heavy (non-hydrogen) atoms. The third-order valence-corrected chi connectivity index (χ3v) is 3.91. The molecule has 1 aliphatic rings. The largest absolute Gasteiger partial charge is 0.444 e. The average Bonchev–Trinajstić information content (AvgIpc) is 2.78. The first-order valence-electron chi connectivity index (χ1n) is 8.56. The lowest BCUT2D eigenvalue weighted by Crippen LogP contribution is -2.49. The first-order valence-corrected chi connectivity index (χ1v) is 8.56. The Balaban J connectivity index is 1.97. The quantitative estimate of drug-likeness (QED) is 0.760. The molecule has 1 aromatic rings. The van der Waals surface area contributed by atoms with Gasteiger partial charge in [-0.1, -0.05) is 42.5 Å². The number of carbonyl (C=O) groups is 1. The first kappa shape index (κ1) is 18.5. The van der Waals surface area contributed by atoms with E-state index < -0.39 is 11.3 Å². The van der Waals surface area contributed by atoms with Crippen molar-refractivity contribution in [3.05, 3.63) is 48.0 Å². The van der Waals surface area contributed by atoms with Gasteiger partial charge < -0.3 is 9.47 Å². The van der Waals surface area contributed by atoms with Crippen LogP contribution in [0.5, 0.6) is 0 Å². The van der Waals surface area contributed by atoms with Gasteiger partial charge in [0.05, 0.1) is 12.6 Å². The van der Waals surface area contributed by atoms with E-state index >= 15 is 0 Å². The molecule has 1 aromatic carbocycles. The van der Waals surface area contributed by atoms with Gasteiger partial charge in [0.15, 0.2) is 0 Å². The molecule has 4 heteroatoms. The number of amides is 1. The fourth-order valence-corrected chi connectivity index (χ4v) is 2.79. The van der Waals surface area contributed by atoms with Gasteiger partial charge in [0, 0.05) is 0 Å². The van der Waals surface area contributed by atoms with Gasteiger partial charge >= 0.3 is 6.09 Å². The molecule has 1 heterocycles. The summed E-state index contributed by atoms with van der Waals surface area (Å²) in [6.07, 6.45) is 5.77. The smallest absolute Gasteiger partial charge is 0.413 e. The lowest BCUT2D eigenvalue weighted by Gasteiger charge is -2.34. The van der Waals surface area contributed by atoms with Crippen molar-refractivity contribution in [1.82, 2.24) is 4.90 Å². The molecule has 132 valence electrons. The molecule has 2 rings (SSSR count). The predicted molar refractivity (Wildman–Crippen MR) is 95.8 cm³/mol. The molecule has 0 spiro atoms. The molecule has 0 radical (unpaired) electrons. The van der Waals surface area contributed by atoms with E-state index in [9.17, 15) is 4.79 Å². The molecular formula is C20H29NO3. The number of benzene rings is 1. The van der Waals surface area contributed by atoms with Crippen LogP contribution in [0.2, 0.25) is 0 Å². The number of carbonyl (C=O) groups excluding carboxylic acids is 1. The second-order valence-corrected chi connectivity index (χ2v) is 7.63. The fourth-order valence-electron chi connectivity index (χ4n) is 2.79. The van der Waals surface area contributed by atoms with Crippen LogP contribution in [0, 0.1) is 0 Å². The highest BCUT2D eigenvalue weighted by Crippen LogP contribution is 2.30. The summed E-state index contributed by atoms with van der Waals surface area (Å²) < 4.78 is 11.3. The minimum atomic E-state index is -0.656. The van der Waals surface area contributed by atoms with E-state index in [1.54, 1.807) is 4.90 Å². The number of nitrogens with zero attached hydrogens (tertiary/aromatic N) is 1. The Bertz CT molecular complexity index is 572. The summed E-state index contributed by atoms with van der Waals surface area (Å²) in [5.74, 6) is 0. The normalized spacial score (nSPS) is 20.5. The number of allylic oxidation sites excluding steroid dienone is 1. The summed E-state index contributed by atoms with van der Waals surface area (Å²) in [6.45, 7) is 9.91. The maximum Gasteiger partial charge on any atom is 0.413 e. The lowest BCUT2D eigenvalue weighted by atomic mass is 10.1. The van der Waals surface area contributed by atoms with Crippen molar-refractivity contribution in [2.45, 2.75) is 64.8 Å². The second kappa shape index (κ2) is 7.39. The van der Waals surface area contributed by atoms with E-state index in [2.05, 4.69) is 36.4 Å². The van der Waals surface area contributed by atoms with Crippen LogP contribution in [0.4, 0.5) is 4.79 Å². The fraction of sp³-hybridized carbons (Fsp3) is 0.550. The van der Waals surface area contributed by atoms with E-state index in [1.807, 2.05) is 40.7 Å². The Morgan fingerprint density at radius 3 is 2.62 bits per heavy atom. The average molecular weight is 331 g/mol. The highest BCUT2D eigenvalue weighted by atomic mass is 16.6. The summed E-state index contributed by atoms with van der Waals surface area (Å²) in [6, 6.07) is 10.3. The van der Waals surface area contributed by atoms with Crippen LogP contribution in [0.3, 0.4) is 0 Å². The zero-order valence-electron chi connectivity index (χ0n) is 15.4. The summed E-state index contributed by atoms with van der Waals surface area (Å²) in [4.78, 5) is 14.2. The summed E-state index contributed by atoms with van der Waals surface area (Å²) in [5.41, 5.74) is 0.142. The molecule has 0 aliphatic carbocycles. The zero-order chi connectivity index (χ0) is 17.8. The third-order valence-electron chi connectivity index (χ3n) is 3.91. The Morgan fingerprint density at radius 1 is 1.33 bits per heavy atom. The van der Waals surface area contributed by atoms with Crippen LogP contribution in [-0.2, 0) is 15.9 Å². The molecule has 0 N–H and O–H groups in total. The Morgan fingerprint density at radius 2 is 2.00 bits per heavy atom. The van der Waals surface area contributed by atoms with Crippen molar-refractivity contribution in [1.29, 1.82) is 0 Å². The Hall–Kier alpha value is -1.81. The molecular weight excluding hydrogens is 302 g/mol. The maximum atomic E-state index is 12.5. The molecule has 0 aromatic heterocycles. The number of rotatable bonds is 4. The van der Waals surface area contributed by atoms with Crippen LogP contribution in [0.25, 0.3) is 0 Å². The predicted octanol–water partition coefficient (Wildman–Crippen LogP) is 4.55. The molecule has 0 bridgehead atoms. The van der Waals surface area contributed by atoms with Crippen LogP contribution < -0.4 is 0 Å². The zero-order valence-corrected chi connectivity index (χ0v) is 15.4. The Kier molecular flexibility index (Phi) is 5.70. The van der Waals surface area contributed by atoms with Gasteiger partial charge in [-0.2, -0.15) is 0 Å². The SMILES string of the molecule is CC(C)(C)OC(=O)N1C(/C=C/CCc2ccccc2)COC1(C)C. The third kappa shape index (κ3) is 5.10. The van der Waals surface area contributed by atoms with Gasteiger partial charge in [-0.3, -0.25) is 4.90 Å². The molecule has 1 saturated heterocycles. The molecule has 1 unspecified atom stereocenters. The van der Waals surface area contributed by atoms with Crippen LogP contribution in [0.1, 0.15) is 46.6 Å². The van der Waals surface area contributed by atoms with E-state index in [0.717, 1.165) is 12.8 Å². The van der Waals surface area contributed by atoms with Crippen LogP contribution in [-0.4, -0.2) is 35.0 Å². The van der Waals surface area contributed by atoms with Gasteiger partial charge in [0.1, 0.15) is 11.3 Å². The van der Waals surface area contributed by atoms with Gasteiger partial charge in [0.2, 0.25) is 0 Å². The van der Waals surface area contributed by atoms with Crippen molar-refractivity contribution < 1.29 is 14.3 Å². The molecule has 4 nitrogen and oxygen atoms in total. The summed E-state index contributed by atoms with van der Waals surface area (Å²) >= 11 is 0. The number of ether oxygens (including phenoxy) is 2. The molecule has 1 amide bonds. The lowest BCUT2D eigenvalue weighted by molar-refractivity contribution is -0.0610. The van der Waals surface area contributed by atoms with Gasteiger partial charge in [0.25, 0.3) is 0 Å². The highest BCUT2D eigenvalue weighted by Gasteiger charge is 2.44. The number of hydrogen-bond acceptors (Lipinski definition) is 3. The second-order valence-electron chi connectivity index (χ2n) is 7.63.